The number of carbonyl (C=O) groups is 1. The Morgan fingerprint density at radius 1 is 1.23 bits per heavy atom. The van der Waals surface area contributed by atoms with Crippen molar-refractivity contribution in [3.63, 3.8) is 0 Å². The second-order valence-corrected chi connectivity index (χ2v) is 7.33. The summed E-state index contributed by atoms with van der Waals surface area (Å²) >= 11 is 0. The van der Waals surface area contributed by atoms with Crippen molar-refractivity contribution >= 4 is 16.9 Å². The third kappa shape index (κ3) is 3.33. The molecule has 0 aliphatic carbocycles. The van der Waals surface area contributed by atoms with Crippen molar-refractivity contribution in [2.24, 2.45) is 12.5 Å². The molecule has 1 N–H and O–H groups in total. The number of benzene rings is 1. The van der Waals surface area contributed by atoms with Crippen molar-refractivity contribution in [2.45, 2.75) is 39.7 Å². The Morgan fingerprint density at radius 3 is 2.50 bits per heavy atom. The number of ether oxygens (including phenoxy) is 1. The molecule has 0 bridgehead atoms. The quantitative estimate of drug-likeness (QED) is 0.694. The SMILES string of the molecule is CNC(C)(CC(C)(C)C)C(=O)Oc1cccc2ccn(C)c12. The molecule has 0 saturated heterocycles. The Hall–Kier alpha value is -1.81. The Kier molecular flexibility index (Phi) is 4.34. The van der Waals surface area contributed by atoms with E-state index in [-0.39, 0.29) is 11.4 Å². The van der Waals surface area contributed by atoms with Gasteiger partial charge in [0.05, 0.1) is 5.52 Å². The highest BCUT2D eigenvalue weighted by Crippen LogP contribution is 2.31. The molecule has 0 fully saturated rings. The van der Waals surface area contributed by atoms with E-state index < -0.39 is 5.54 Å². The molecule has 0 aliphatic heterocycles. The van der Waals surface area contributed by atoms with Gasteiger partial charge >= 0.3 is 5.97 Å². The molecule has 0 spiro atoms. The summed E-state index contributed by atoms with van der Waals surface area (Å²) in [4.78, 5) is 12.7. The number of aryl methyl sites for hydroxylation is 1. The molecule has 0 saturated carbocycles. The summed E-state index contributed by atoms with van der Waals surface area (Å²) in [7, 11) is 3.75. The summed E-state index contributed by atoms with van der Waals surface area (Å²) in [6, 6.07) is 7.77. The fourth-order valence-electron chi connectivity index (χ4n) is 2.94. The van der Waals surface area contributed by atoms with E-state index in [1.54, 1.807) is 7.05 Å². The number of hydrogen-bond acceptors (Lipinski definition) is 3. The molecule has 120 valence electrons. The standard InChI is InChI=1S/C18H26N2O2/c1-17(2,3)12-18(4,19-5)16(21)22-14-9-7-8-13-10-11-20(6)15(13)14/h7-11,19H,12H2,1-6H3. The normalized spacial score (nSPS) is 14.8. The zero-order valence-corrected chi connectivity index (χ0v) is 14.4. The molecular weight excluding hydrogens is 276 g/mol. The zero-order chi connectivity index (χ0) is 16.5. The third-order valence-electron chi connectivity index (χ3n) is 3.95. The van der Waals surface area contributed by atoms with Crippen LogP contribution in [0.25, 0.3) is 10.9 Å². The average molecular weight is 302 g/mol. The first kappa shape index (κ1) is 16.6. The molecule has 1 unspecified atom stereocenters. The summed E-state index contributed by atoms with van der Waals surface area (Å²) in [5.74, 6) is 0.351. The Bertz CT molecular complexity index is 682. The fourth-order valence-corrected chi connectivity index (χ4v) is 2.94. The molecule has 4 heteroatoms. The number of nitrogens with zero attached hydrogens (tertiary/aromatic N) is 1. The topological polar surface area (TPSA) is 43.3 Å². The first-order valence-corrected chi connectivity index (χ1v) is 7.61. The zero-order valence-electron chi connectivity index (χ0n) is 14.4. The van der Waals surface area contributed by atoms with Gasteiger partial charge in [-0.3, -0.25) is 0 Å². The summed E-state index contributed by atoms with van der Waals surface area (Å²) in [5, 5.41) is 4.19. The number of hydrogen-bond donors (Lipinski definition) is 1. The number of rotatable bonds is 4. The first-order valence-electron chi connectivity index (χ1n) is 7.61. The minimum absolute atomic E-state index is 0.0216. The number of fused-ring (bicyclic) bond motifs is 1. The van der Waals surface area contributed by atoms with E-state index >= 15 is 0 Å². The van der Waals surface area contributed by atoms with E-state index in [0.717, 1.165) is 10.9 Å². The van der Waals surface area contributed by atoms with E-state index in [2.05, 4.69) is 26.1 Å². The molecule has 0 amide bonds. The minimum Gasteiger partial charge on any atom is -0.423 e. The molecule has 4 nitrogen and oxygen atoms in total. The molecule has 2 aromatic rings. The van der Waals surface area contributed by atoms with Crippen LogP contribution in [0, 0.1) is 5.41 Å². The number of esters is 1. The maximum absolute atomic E-state index is 12.7. The highest BCUT2D eigenvalue weighted by molar-refractivity contribution is 5.90. The Balaban J connectivity index is 2.31. The van der Waals surface area contributed by atoms with Crippen molar-refractivity contribution in [3.8, 4) is 5.75 Å². The van der Waals surface area contributed by atoms with Crippen molar-refractivity contribution in [3.05, 3.63) is 30.5 Å². The molecular formula is C18H26N2O2. The highest BCUT2D eigenvalue weighted by atomic mass is 16.5. The van der Waals surface area contributed by atoms with Gasteiger partial charge in [0, 0.05) is 18.6 Å². The van der Waals surface area contributed by atoms with E-state index in [1.807, 2.05) is 49.0 Å². The maximum atomic E-state index is 12.7. The van der Waals surface area contributed by atoms with Gasteiger partial charge in [-0.1, -0.05) is 32.9 Å². The molecule has 2 rings (SSSR count). The molecule has 22 heavy (non-hydrogen) atoms. The van der Waals surface area contributed by atoms with Gasteiger partial charge in [-0.2, -0.15) is 0 Å². The lowest BCUT2D eigenvalue weighted by molar-refractivity contribution is -0.142. The van der Waals surface area contributed by atoms with Crippen LogP contribution >= 0.6 is 0 Å². The molecule has 0 aliphatic rings. The molecule has 1 heterocycles. The summed E-state index contributed by atoms with van der Waals surface area (Å²) < 4.78 is 7.72. The van der Waals surface area contributed by atoms with Crippen LogP contribution in [0.1, 0.15) is 34.1 Å². The van der Waals surface area contributed by atoms with E-state index in [9.17, 15) is 4.79 Å². The fraction of sp³-hybridized carbons (Fsp3) is 0.500. The molecule has 1 atom stereocenters. The van der Waals surface area contributed by atoms with Crippen molar-refractivity contribution in [1.29, 1.82) is 0 Å². The van der Waals surface area contributed by atoms with E-state index in [1.165, 1.54) is 0 Å². The van der Waals surface area contributed by atoms with Crippen LogP contribution in [0.15, 0.2) is 30.5 Å². The van der Waals surface area contributed by atoms with Gasteiger partial charge in [0.15, 0.2) is 5.75 Å². The van der Waals surface area contributed by atoms with Gasteiger partial charge in [0.25, 0.3) is 0 Å². The minimum atomic E-state index is -0.717. The van der Waals surface area contributed by atoms with Crippen LogP contribution in [0.5, 0.6) is 5.75 Å². The summed E-state index contributed by atoms with van der Waals surface area (Å²) in [6.45, 7) is 8.25. The van der Waals surface area contributed by atoms with Gasteiger partial charge in [-0.25, -0.2) is 4.79 Å². The average Bonchev–Trinajstić information content (AvgIpc) is 2.79. The lowest BCUT2D eigenvalue weighted by atomic mass is 9.81. The van der Waals surface area contributed by atoms with Crippen molar-refractivity contribution in [2.75, 3.05) is 7.05 Å². The van der Waals surface area contributed by atoms with Crippen molar-refractivity contribution in [1.82, 2.24) is 9.88 Å². The molecule has 1 aromatic heterocycles. The summed E-state index contributed by atoms with van der Waals surface area (Å²) in [6.07, 6.45) is 2.66. The highest BCUT2D eigenvalue weighted by Gasteiger charge is 2.37. The number of nitrogens with one attached hydrogen (secondary N) is 1. The lowest BCUT2D eigenvalue weighted by Gasteiger charge is -2.33. The molecule has 1 aromatic carbocycles. The maximum Gasteiger partial charge on any atom is 0.331 e. The van der Waals surface area contributed by atoms with Gasteiger partial charge in [-0.15, -0.1) is 0 Å². The van der Waals surface area contributed by atoms with Crippen molar-refractivity contribution < 1.29 is 9.53 Å². The Labute approximate surface area is 132 Å². The van der Waals surface area contributed by atoms with Crippen LogP contribution in [0.2, 0.25) is 0 Å². The molecule has 0 radical (unpaired) electrons. The number of likely N-dealkylation sites (N-methyl/N-ethyl adjacent to an activating group) is 1. The van der Waals surface area contributed by atoms with Crippen LogP contribution in [0.3, 0.4) is 0 Å². The van der Waals surface area contributed by atoms with Gasteiger partial charge in [0.1, 0.15) is 5.54 Å². The number of aromatic nitrogens is 1. The van der Waals surface area contributed by atoms with Gasteiger partial charge in [-0.05, 0) is 37.9 Å². The van der Waals surface area contributed by atoms with Gasteiger partial charge < -0.3 is 14.6 Å². The largest absolute Gasteiger partial charge is 0.423 e. The predicted octanol–water partition coefficient (Wildman–Crippen LogP) is 3.50. The predicted molar refractivity (Wildman–Crippen MR) is 90.1 cm³/mol. The van der Waals surface area contributed by atoms with Gasteiger partial charge in [0.2, 0.25) is 0 Å². The van der Waals surface area contributed by atoms with Crippen LogP contribution in [-0.2, 0) is 11.8 Å². The number of carbonyl (C=O) groups excluding carboxylic acids is 1. The second-order valence-electron chi connectivity index (χ2n) is 7.33. The third-order valence-corrected chi connectivity index (χ3v) is 3.95. The van der Waals surface area contributed by atoms with E-state index in [0.29, 0.717) is 12.2 Å². The van der Waals surface area contributed by atoms with Crippen LogP contribution < -0.4 is 10.1 Å². The smallest absolute Gasteiger partial charge is 0.331 e. The second kappa shape index (κ2) is 5.76. The Morgan fingerprint density at radius 2 is 1.91 bits per heavy atom. The summed E-state index contributed by atoms with van der Waals surface area (Å²) in [5.41, 5.74) is 0.240. The number of para-hydroxylation sites is 1. The first-order chi connectivity index (χ1) is 10.2. The lowest BCUT2D eigenvalue weighted by Crippen LogP contribution is -2.52. The van der Waals surface area contributed by atoms with Crippen LogP contribution in [0.4, 0.5) is 0 Å². The van der Waals surface area contributed by atoms with E-state index in [4.69, 9.17) is 4.74 Å². The van der Waals surface area contributed by atoms with Crippen LogP contribution in [-0.4, -0.2) is 23.1 Å². The monoisotopic (exact) mass is 302 g/mol.